The van der Waals surface area contributed by atoms with Crippen molar-refractivity contribution in [2.24, 2.45) is 7.05 Å². The first kappa shape index (κ1) is 12.8. The highest BCUT2D eigenvalue weighted by Crippen LogP contribution is 2.25. The maximum Gasteiger partial charge on any atom is 0.137 e. The van der Waals surface area contributed by atoms with E-state index < -0.39 is 0 Å². The zero-order chi connectivity index (χ0) is 13.1. The summed E-state index contributed by atoms with van der Waals surface area (Å²) in [6.07, 6.45) is 1.96. The van der Waals surface area contributed by atoms with Gasteiger partial charge in [0, 0.05) is 19.8 Å². The fourth-order valence-corrected chi connectivity index (χ4v) is 2.07. The lowest BCUT2D eigenvalue weighted by Crippen LogP contribution is -2.00. The minimum Gasteiger partial charge on any atom is -0.495 e. The summed E-state index contributed by atoms with van der Waals surface area (Å²) < 4.78 is 6.91. The summed E-state index contributed by atoms with van der Waals surface area (Å²) in [5.74, 6) is 0.693. The third kappa shape index (κ3) is 2.76. The van der Waals surface area contributed by atoms with Gasteiger partial charge in [-0.05, 0) is 24.6 Å². The SMILES string of the molecule is COc1ccc(CNc2cn(C)nc2C)cc1Cl. The van der Waals surface area contributed by atoms with Crippen LogP contribution in [0.15, 0.2) is 24.4 Å². The van der Waals surface area contributed by atoms with E-state index in [-0.39, 0.29) is 0 Å². The Labute approximate surface area is 112 Å². The molecule has 0 fully saturated rings. The van der Waals surface area contributed by atoms with Gasteiger partial charge in [0.05, 0.1) is 23.5 Å². The zero-order valence-electron chi connectivity index (χ0n) is 10.7. The van der Waals surface area contributed by atoms with Crippen LogP contribution in [0.1, 0.15) is 11.3 Å². The van der Waals surface area contributed by atoms with Crippen molar-refractivity contribution in [1.29, 1.82) is 0 Å². The first-order valence-electron chi connectivity index (χ1n) is 5.66. The lowest BCUT2D eigenvalue weighted by atomic mass is 10.2. The predicted molar refractivity (Wildman–Crippen MR) is 73.3 cm³/mol. The molecule has 5 heteroatoms. The molecule has 1 heterocycles. The summed E-state index contributed by atoms with van der Waals surface area (Å²) in [6.45, 7) is 2.68. The summed E-state index contributed by atoms with van der Waals surface area (Å²) in [6, 6.07) is 5.76. The molecular weight excluding hydrogens is 250 g/mol. The molecule has 0 saturated carbocycles. The molecule has 0 aliphatic rings. The molecular formula is C13H16ClN3O. The molecule has 0 amide bonds. The van der Waals surface area contributed by atoms with Gasteiger partial charge in [0.15, 0.2) is 0 Å². The number of nitrogens with one attached hydrogen (secondary N) is 1. The number of aromatic nitrogens is 2. The van der Waals surface area contributed by atoms with Crippen molar-refractivity contribution in [1.82, 2.24) is 9.78 Å². The largest absolute Gasteiger partial charge is 0.495 e. The van der Waals surface area contributed by atoms with E-state index in [4.69, 9.17) is 16.3 Å². The maximum atomic E-state index is 6.08. The quantitative estimate of drug-likeness (QED) is 0.924. The average molecular weight is 266 g/mol. The molecule has 0 bridgehead atoms. The number of ether oxygens (including phenoxy) is 1. The lowest BCUT2D eigenvalue weighted by molar-refractivity contribution is 0.415. The number of methoxy groups -OCH3 is 1. The molecule has 1 aromatic carbocycles. The van der Waals surface area contributed by atoms with Gasteiger partial charge in [0.2, 0.25) is 0 Å². The lowest BCUT2D eigenvalue weighted by Gasteiger charge is -2.07. The first-order valence-corrected chi connectivity index (χ1v) is 6.04. The van der Waals surface area contributed by atoms with Gasteiger partial charge in [0.25, 0.3) is 0 Å². The van der Waals surface area contributed by atoms with Crippen molar-refractivity contribution < 1.29 is 4.74 Å². The van der Waals surface area contributed by atoms with E-state index in [0.717, 1.165) is 16.9 Å². The number of anilines is 1. The average Bonchev–Trinajstić information content (AvgIpc) is 2.65. The van der Waals surface area contributed by atoms with Crippen LogP contribution in [0.5, 0.6) is 5.75 Å². The van der Waals surface area contributed by atoms with Gasteiger partial charge >= 0.3 is 0 Å². The van der Waals surface area contributed by atoms with Gasteiger partial charge in [-0.2, -0.15) is 5.10 Å². The predicted octanol–water partition coefficient (Wildman–Crippen LogP) is 3.00. The van der Waals surface area contributed by atoms with Gasteiger partial charge in [-0.3, -0.25) is 4.68 Å². The summed E-state index contributed by atoms with van der Waals surface area (Å²) in [4.78, 5) is 0. The van der Waals surface area contributed by atoms with Crippen molar-refractivity contribution in [3.8, 4) is 5.75 Å². The van der Waals surface area contributed by atoms with Crippen LogP contribution < -0.4 is 10.1 Å². The highest BCUT2D eigenvalue weighted by atomic mass is 35.5. The topological polar surface area (TPSA) is 39.1 Å². The van der Waals surface area contributed by atoms with Gasteiger partial charge in [-0.25, -0.2) is 0 Å². The Kier molecular flexibility index (Phi) is 3.77. The monoisotopic (exact) mass is 265 g/mol. The molecule has 2 rings (SSSR count). The fourth-order valence-electron chi connectivity index (χ4n) is 1.79. The van der Waals surface area contributed by atoms with Crippen molar-refractivity contribution in [2.75, 3.05) is 12.4 Å². The second-order valence-corrected chi connectivity index (χ2v) is 4.53. The van der Waals surface area contributed by atoms with Crippen LogP contribution in [0.3, 0.4) is 0 Å². The standard InChI is InChI=1S/C13H16ClN3O/c1-9-12(8-17(2)16-9)15-7-10-4-5-13(18-3)11(14)6-10/h4-6,8,15H,7H2,1-3H3. The number of nitrogens with zero attached hydrogens (tertiary/aromatic N) is 2. The van der Waals surface area contributed by atoms with Crippen LogP contribution in [0.2, 0.25) is 5.02 Å². The Bertz CT molecular complexity index is 551. The van der Waals surface area contributed by atoms with Crippen LogP contribution in [0, 0.1) is 6.92 Å². The molecule has 96 valence electrons. The van der Waals surface area contributed by atoms with Gasteiger partial charge in [-0.15, -0.1) is 0 Å². The van der Waals surface area contributed by atoms with Gasteiger partial charge < -0.3 is 10.1 Å². The third-order valence-electron chi connectivity index (χ3n) is 2.71. The van der Waals surface area contributed by atoms with Crippen molar-refractivity contribution in [2.45, 2.75) is 13.5 Å². The first-order chi connectivity index (χ1) is 8.60. The zero-order valence-corrected chi connectivity index (χ0v) is 11.5. The Morgan fingerprint density at radius 2 is 2.22 bits per heavy atom. The molecule has 18 heavy (non-hydrogen) atoms. The molecule has 1 N–H and O–H groups in total. The summed E-state index contributed by atoms with van der Waals surface area (Å²) in [7, 11) is 3.51. The normalized spacial score (nSPS) is 10.4. The summed E-state index contributed by atoms with van der Waals surface area (Å²) in [5, 5.41) is 8.23. The van der Waals surface area contributed by atoms with Gasteiger partial charge in [-0.1, -0.05) is 17.7 Å². The Balaban J connectivity index is 2.06. The minimum absolute atomic E-state index is 0.625. The van der Waals surface area contributed by atoms with E-state index in [1.807, 2.05) is 38.4 Å². The van der Waals surface area contributed by atoms with Crippen molar-refractivity contribution >= 4 is 17.3 Å². The van der Waals surface area contributed by atoms with Crippen LogP contribution in [-0.4, -0.2) is 16.9 Å². The second-order valence-electron chi connectivity index (χ2n) is 4.12. The Morgan fingerprint density at radius 1 is 1.44 bits per heavy atom. The van der Waals surface area contributed by atoms with E-state index >= 15 is 0 Å². The third-order valence-corrected chi connectivity index (χ3v) is 3.01. The van der Waals surface area contributed by atoms with Crippen LogP contribution in [-0.2, 0) is 13.6 Å². The number of rotatable bonds is 4. The highest BCUT2D eigenvalue weighted by molar-refractivity contribution is 6.32. The molecule has 0 aliphatic heterocycles. The van der Waals surface area contributed by atoms with Crippen molar-refractivity contribution in [3.63, 3.8) is 0 Å². The van der Waals surface area contributed by atoms with Crippen LogP contribution in [0.4, 0.5) is 5.69 Å². The van der Waals surface area contributed by atoms with E-state index in [1.54, 1.807) is 11.8 Å². The van der Waals surface area contributed by atoms with Crippen LogP contribution >= 0.6 is 11.6 Å². The second kappa shape index (κ2) is 5.31. The Morgan fingerprint density at radius 3 is 2.78 bits per heavy atom. The van der Waals surface area contributed by atoms with Crippen molar-refractivity contribution in [3.05, 3.63) is 40.7 Å². The molecule has 0 aliphatic carbocycles. The molecule has 0 spiro atoms. The molecule has 0 atom stereocenters. The number of hydrogen-bond acceptors (Lipinski definition) is 3. The van der Waals surface area contributed by atoms with E-state index in [2.05, 4.69) is 10.4 Å². The van der Waals surface area contributed by atoms with E-state index in [1.165, 1.54) is 0 Å². The number of halogens is 1. The van der Waals surface area contributed by atoms with E-state index in [9.17, 15) is 0 Å². The number of hydrogen-bond donors (Lipinski definition) is 1. The van der Waals surface area contributed by atoms with Gasteiger partial charge in [0.1, 0.15) is 5.75 Å². The maximum absolute atomic E-state index is 6.08. The fraction of sp³-hybridized carbons (Fsp3) is 0.308. The van der Waals surface area contributed by atoms with E-state index in [0.29, 0.717) is 17.3 Å². The smallest absolute Gasteiger partial charge is 0.137 e. The Hall–Kier alpha value is -1.68. The number of aryl methyl sites for hydroxylation is 2. The summed E-state index contributed by atoms with van der Waals surface area (Å²) in [5.41, 5.74) is 3.12. The number of benzene rings is 1. The molecule has 2 aromatic rings. The molecule has 0 radical (unpaired) electrons. The summed E-state index contributed by atoms with van der Waals surface area (Å²) >= 11 is 6.08. The highest BCUT2D eigenvalue weighted by Gasteiger charge is 2.04. The van der Waals surface area contributed by atoms with Crippen LogP contribution in [0.25, 0.3) is 0 Å². The molecule has 0 unspecified atom stereocenters. The minimum atomic E-state index is 0.625. The molecule has 4 nitrogen and oxygen atoms in total. The molecule has 1 aromatic heterocycles. The molecule has 0 saturated heterocycles.